The molecule has 0 bridgehead atoms. The second kappa shape index (κ2) is 4.30. The van der Waals surface area contributed by atoms with Crippen molar-refractivity contribution >= 4 is 0 Å². The topological polar surface area (TPSA) is 15.3 Å². The molecule has 16 heavy (non-hydrogen) atoms. The molecule has 1 aliphatic carbocycles. The Kier molecular flexibility index (Phi) is 3.33. The lowest BCUT2D eigenvalue weighted by molar-refractivity contribution is 0.154. The minimum absolute atomic E-state index is 0.515. The maximum absolute atomic E-state index is 3.50. The average molecular weight is 224 g/mol. The summed E-state index contributed by atoms with van der Waals surface area (Å²) < 4.78 is 0. The van der Waals surface area contributed by atoms with Crippen molar-refractivity contribution in [3.63, 3.8) is 0 Å². The number of rotatable bonds is 3. The van der Waals surface area contributed by atoms with Gasteiger partial charge in [-0.25, -0.2) is 0 Å². The third-order valence-corrected chi connectivity index (χ3v) is 4.65. The van der Waals surface area contributed by atoms with Crippen LogP contribution in [0, 0.1) is 10.8 Å². The van der Waals surface area contributed by atoms with Gasteiger partial charge in [-0.3, -0.25) is 0 Å². The maximum atomic E-state index is 3.50. The molecule has 0 aromatic heterocycles. The Morgan fingerprint density at radius 2 is 2.00 bits per heavy atom. The molecular formula is C14H28N2. The van der Waals surface area contributed by atoms with Crippen LogP contribution >= 0.6 is 0 Å². The molecule has 0 aromatic carbocycles. The lowest BCUT2D eigenvalue weighted by Gasteiger charge is -2.33. The van der Waals surface area contributed by atoms with E-state index in [0.717, 1.165) is 6.04 Å². The highest BCUT2D eigenvalue weighted by atomic mass is 15.1. The minimum atomic E-state index is 0.515. The van der Waals surface area contributed by atoms with Crippen LogP contribution in [-0.2, 0) is 0 Å². The van der Waals surface area contributed by atoms with Gasteiger partial charge in [-0.15, -0.1) is 0 Å². The van der Waals surface area contributed by atoms with E-state index in [9.17, 15) is 0 Å². The van der Waals surface area contributed by atoms with Crippen molar-refractivity contribution < 1.29 is 0 Å². The summed E-state index contributed by atoms with van der Waals surface area (Å²) in [7, 11) is 2.33. The van der Waals surface area contributed by atoms with E-state index in [1.165, 1.54) is 45.3 Å². The van der Waals surface area contributed by atoms with Crippen LogP contribution in [0.3, 0.4) is 0 Å². The quantitative estimate of drug-likeness (QED) is 0.792. The zero-order valence-electron chi connectivity index (χ0n) is 11.5. The SMILES string of the molecule is CN(CC1(C)CCNC1)C1CCC(C)(C)C1. The monoisotopic (exact) mass is 224 g/mol. The van der Waals surface area contributed by atoms with Crippen LogP contribution < -0.4 is 5.32 Å². The maximum Gasteiger partial charge on any atom is 0.00977 e. The molecule has 0 radical (unpaired) electrons. The number of hydrogen-bond acceptors (Lipinski definition) is 2. The van der Waals surface area contributed by atoms with Gasteiger partial charge in [0.1, 0.15) is 0 Å². The summed E-state index contributed by atoms with van der Waals surface area (Å²) in [4.78, 5) is 2.63. The first-order valence-corrected chi connectivity index (χ1v) is 6.81. The molecular weight excluding hydrogens is 196 g/mol. The Balaban J connectivity index is 1.86. The van der Waals surface area contributed by atoms with E-state index in [2.05, 4.69) is 38.0 Å². The summed E-state index contributed by atoms with van der Waals surface area (Å²) >= 11 is 0. The Labute approximate surface area is 101 Å². The third-order valence-electron chi connectivity index (χ3n) is 4.65. The molecule has 2 atom stereocenters. The molecule has 2 fully saturated rings. The van der Waals surface area contributed by atoms with Crippen LogP contribution in [0.4, 0.5) is 0 Å². The van der Waals surface area contributed by atoms with Crippen LogP contribution in [0.5, 0.6) is 0 Å². The zero-order chi connectivity index (χ0) is 11.8. The van der Waals surface area contributed by atoms with Gasteiger partial charge in [0.05, 0.1) is 0 Å². The molecule has 0 spiro atoms. The molecule has 2 heteroatoms. The smallest absolute Gasteiger partial charge is 0.00977 e. The van der Waals surface area contributed by atoms with Crippen LogP contribution in [-0.4, -0.2) is 37.6 Å². The van der Waals surface area contributed by atoms with Gasteiger partial charge in [0, 0.05) is 19.1 Å². The lowest BCUT2D eigenvalue weighted by Crippen LogP contribution is -2.40. The molecule has 2 aliphatic rings. The van der Waals surface area contributed by atoms with E-state index in [1.807, 2.05) is 0 Å². The van der Waals surface area contributed by atoms with E-state index in [4.69, 9.17) is 0 Å². The summed E-state index contributed by atoms with van der Waals surface area (Å²) in [6, 6.07) is 0.826. The normalized spacial score (nSPS) is 38.4. The summed E-state index contributed by atoms with van der Waals surface area (Å²) in [6.45, 7) is 10.9. The van der Waals surface area contributed by atoms with Crippen molar-refractivity contribution in [2.24, 2.45) is 10.8 Å². The highest BCUT2D eigenvalue weighted by Gasteiger charge is 2.36. The first kappa shape index (κ1) is 12.4. The largest absolute Gasteiger partial charge is 0.316 e. The van der Waals surface area contributed by atoms with E-state index in [-0.39, 0.29) is 0 Å². The summed E-state index contributed by atoms with van der Waals surface area (Å²) in [5.74, 6) is 0. The molecule has 94 valence electrons. The average Bonchev–Trinajstić information content (AvgIpc) is 2.72. The summed E-state index contributed by atoms with van der Waals surface area (Å²) in [5, 5.41) is 3.50. The van der Waals surface area contributed by atoms with E-state index in [0.29, 0.717) is 10.8 Å². The van der Waals surface area contributed by atoms with Crippen molar-refractivity contribution in [1.29, 1.82) is 0 Å². The number of nitrogens with one attached hydrogen (secondary N) is 1. The fourth-order valence-electron chi connectivity index (χ4n) is 3.51. The summed E-state index contributed by atoms with van der Waals surface area (Å²) in [6.07, 6.45) is 5.52. The minimum Gasteiger partial charge on any atom is -0.316 e. The molecule has 1 saturated carbocycles. The van der Waals surface area contributed by atoms with E-state index >= 15 is 0 Å². The molecule has 1 heterocycles. The van der Waals surface area contributed by atoms with Crippen molar-refractivity contribution in [2.75, 3.05) is 26.7 Å². The van der Waals surface area contributed by atoms with Gasteiger partial charge >= 0.3 is 0 Å². The van der Waals surface area contributed by atoms with Gasteiger partial charge in [-0.1, -0.05) is 20.8 Å². The molecule has 0 aromatic rings. The van der Waals surface area contributed by atoms with Gasteiger partial charge in [0.25, 0.3) is 0 Å². The fraction of sp³-hybridized carbons (Fsp3) is 1.00. The van der Waals surface area contributed by atoms with Crippen LogP contribution in [0.2, 0.25) is 0 Å². The second-order valence-electron chi connectivity index (χ2n) is 7.21. The number of nitrogens with zero attached hydrogens (tertiary/aromatic N) is 1. The van der Waals surface area contributed by atoms with Crippen molar-refractivity contribution in [3.8, 4) is 0 Å². The highest BCUT2D eigenvalue weighted by Crippen LogP contribution is 2.40. The fourth-order valence-corrected chi connectivity index (χ4v) is 3.51. The standard InChI is InChI=1S/C14H28N2/c1-13(2)6-5-12(9-13)16(4)11-14(3)7-8-15-10-14/h12,15H,5-11H2,1-4H3. The third kappa shape index (κ3) is 2.78. The Bertz CT molecular complexity index is 241. The zero-order valence-corrected chi connectivity index (χ0v) is 11.5. The Morgan fingerprint density at radius 1 is 1.25 bits per heavy atom. The second-order valence-corrected chi connectivity index (χ2v) is 7.21. The van der Waals surface area contributed by atoms with Crippen molar-refractivity contribution in [3.05, 3.63) is 0 Å². The number of hydrogen-bond donors (Lipinski definition) is 1. The van der Waals surface area contributed by atoms with Crippen LogP contribution in [0.25, 0.3) is 0 Å². The highest BCUT2D eigenvalue weighted by molar-refractivity contribution is 4.91. The summed E-state index contributed by atoms with van der Waals surface area (Å²) in [5.41, 5.74) is 1.09. The van der Waals surface area contributed by atoms with E-state index < -0.39 is 0 Å². The molecule has 2 unspecified atom stereocenters. The van der Waals surface area contributed by atoms with Gasteiger partial charge in [-0.2, -0.15) is 0 Å². The Morgan fingerprint density at radius 3 is 2.50 bits per heavy atom. The predicted molar refractivity (Wildman–Crippen MR) is 69.6 cm³/mol. The van der Waals surface area contributed by atoms with Crippen molar-refractivity contribution in [2.45, 2.75) is 52.5 Å². The van der Waals surface area contributed by atoms with Crippen LogP contribution in [0.1, 0.15) is 46.5 Å². The first-order chi connectivity index (χ1) is 7.40. The molecule has 1 saturated heterocycles. The van der Waals surface area contributed by atoms with E-state index in [1.54, 1.807) is 0 Å². The molecule has 2 nitrogen and oxygen atoms in total. The Hall–Kier alpha value is -0.0800. The molecule has 1 aliphatic heterocycles. The van der Waals surface area contributed by atoms with Crippen LogP contribution in [0.15, 0.2) is 0 Å². The first-order valence-electron chi connectivity index (χ1n) is 6.81. The van der Waals surface area contributed by atoms with Crippen molar-refractivity contribution in [1.82, 2.24) is 10.2 Å². The lowest BCUT2D eigenvalue weighted by atomic mass is 9.88. The van der Waals surface area contributed by atoms with Gasteiger partial charge < -0.3 is 10.2 Å². The molecule has 2 rings (SSSR count). The van der Waals surface area contributed by atoms with Gasteiger partial charge in [-0.05, 0) is 50.1 Å². The molecule has 0 amide bonds. The predicted octanol–water partition coefficient (Wildman–Crippen LogP) is 2.50. The van der Waals surface area contributed by atoms with Gasteiger partial charge in [0.2, 0.25) is 0 Å². The molecule has 1 N–H and O–H groups in total. The van der Waals surface area contributed by atoms with Gasteiger partial charge in [0.15, 0.2) is 0 Å².